The largest absolute Gasteiger partial charge is 0.504 e. The Morgan fingerprint density at radius 3 is 2.65 bits per heavy atom. The molecule has 4 heteroatoms. The smallest absolute Gasteiger partial charge is 0.253 e. The van der Waals surface area contributed by atoms with E-state index in [2.05, 4.69) is 0 Å². The molecular formula is C13H17NO3. The van der Waals surface area contributed by atoms with Gasteiger partial charge < -0.3 is 14.7 Å². The van der Waals surface area contributed by atoms with Gasteiger partial charge in [0.15, 0.2) is 11.5 Å². The molecule has 1 saturated heterocycles. The Morgan fingerprint density at radius 1 is 1.29 bits per heavy atom. The van der Waals surface area contributed by atoms with E-state index in [1.165, 1.54) is 19.6 Å². The minimum absolute atomic E-state index is 0.0167. The summed E-state index contributed by atoms with van der Waals surface area (Å²) in [5.74, 6) is 0.415. The maximum absolute atomic E-state index is 12.2. The summed E-state index contributed by atoms with van der Waals surface area (Å²) in [7, 11) is 1.48. The van der Waals surface area contributed by atoms with E-state index in [9.17, 15) is 9.90 Å². The zero-order chi connectivity index (χ0) is 12.3. The van der Waals surface area contributed by atoms with Gasteiger partial charge in [0.25, 0.3) is 5.91 Å². The van der Waals surface area contributed by atoms with Crippen LogP contribution in [0.15, 0.2) is 18.2 Å². The minimum atomic E-state index is 0.0167. The Labute approximate surface area is 101 Å². The second-order valence-corrected chi connectivity index (χ2v) is 4.24. The van der Waals surface area contributed by atoms with Crippen LogP contribution in [0.25, 0.3) is 0 Å². The van der Waals surface area contributed by atoms with Crippen molar-refractivity contribution >= 4 is 5.91 Å². The predicted octanol–water partition coefficient (Wildman–Crippen LogP) is 2.03. The van der Waals surface area contributed by atoms with Crippen molar-refractivity contribution in [3.63, 3.8) is 0 Å². The number of carbonyl (C=O) groups is 1. The Kier molecular flexibility index (Phi) is 3.52. The van der Waals surface area contributed by atoms with Crippen LogP contribution in [0.2, 0.25) is 0 Å². The highest BCUT2D eigenvalue weighted by Crippen LogP contribution is 2.27. The first kappa shape index (κ1) is 11.8. The summed E-state index contributed by atoms with van der Waals surface area (Å²) in [4.78, 5) is 14.0. The molecule has 92 valence electrons. The molecule has 17 heavy (non-hydrogen) atoms. The third-order valence-corrected chi connectivity index (χ3v) is 3.07. The number of amides is 1. The maximum Gasteiger partial charge on any atom is 0.253 e. The monoisotopic (exact) mass is 235 g/mol. The summed E-state index contributed by atoms with van der Waals surface area (Å²) in [6, 6.07) is 4.72. The van der Waals surface area contributed by atoms with Crippen LogP contribution in [0.1, 0.15) is 29.6 Å². The highest BCUT2D eigenvalue weighted by Gasteiger charge is 2.19. The number of ether oxygens (including phenoxy) is 1. The van der Waals surface area contributed by atoms with Gasteiger partial charge in [0.05, 0.1) is 7.11 Å². The second kappa shape index (κ2) is 5.08. The van der Waals surface area contributed by atoms with Gasteiger partial charge in [-0.25, -0.2) is 0 Å². The third kappa shape index (κ3) is 2.52. The lowest BCUT2D eigenvalue weighted by Gasteiger charge is -2.26. The van der Waals surface area contributed by atoms with Gasteiger partial charge in [-0.15, -0.1) is 0 Å². The highest BCUT2D eigenvalue weighted by atomic mass is 16.5. The molecule has 0 aliphatic carbocycles. The average molecular weight is 235 g/mol. The number of rotatable bonds is 2. The molecule has 0 radical (unpaired) electrons. The van der Waals surface area contributed by atoms with E-state index in [-0.39, 0.29) is 11.7 Å². The fourth-order valence-corrected chi connectivity index (χ4v) is 2.09. The van der Waals surface area contributed by atoms with Crippen LogP contribution in [0.4, 0.5) is 0 Å². The van der Waals surface area contributed by atoms with Crippen molar-refractivity contribution < 1.29 is 14.6 Å². The number of piperidine rings is 1. The Hall–Kier alpha value is -1.71. The van der Waals surface area contributed by atoms with E-state index in [4.69, 9.17) is 4.74 Å². The van der Waals surface area contributed by atoms with Crippen LogP contribution in [0.5, 0.6) is 11.5 Å². The van der Waals surface area contributed by atoms with Crippen molar-refractivity contribution in [2.75, 3.05) is 20.2 Å². The van der Waals surface area contributed by atoms with Gasteiger partial charge in [0.2, 0.25) is 0 Å². The van der Waals surface area contributed by atoms with Crippen molar-refractivity contribution in [3.8, 4) is 11.5 Å². The van der Waals surface area contributed by atoms with Crippen LogP contribution >= 0.6 is 0 Å². The SMILES string of the molecule is COc1cc(C(=O)N2CCCCC2)ccc1O. The van der Waals surface area contributed by atoms with Gasteiger partial charge in [0.1, 0.15) is 0 Å². The highest BCUT2D eigenvalue weighted by molar-refractivity contribution is 5.95. The zero-order valence-electron chi connectivity index (χ0n) is 9.98. The quantitative estimate of drug-likeness (QED) is 0.853. The lowest BCUT2D eigenvalue weighted by atomic mass is 10.1. The van der Waals surface area contributed by atoms with E-state index in [0.29, 0.717) is 11.3 Å². The molecule has 1 heterocycles. The number of aromatic hydroxyl groups is 1. The summed E-state index contributed by atoms with van der Waals surface area (Å²) in [6.45, 7) is 1.64. The number of hydrogen-bond acceptors (Lipinski definition) is 3. The first-order chi connectivity index (χ1) is 8.22. The summed E-state index contributed by atoms with van der Waals surface area (Å²) < 4.78 is 5.00. The van der Waals surface area contributed by atoms with Crippen molar-refractivity contribution in [1.29, 1.82) is 0 Å². The molecule has 1 N–H and O–H groups in total. The molecule has 0 atom stereocenters. The van der Waals surface area contributed by atoms with Crippen molar-refractivity contribution in [2.24, 2.45) is 0 Å². The van der Waals surface area contributed by atoms with E-state index in [0.717, 1.165) is 25.9 Å². The Morgan fingerprint density at radius 2 is 2.00 bits per heavy atom. The van der Waals surface area contributed by atoms with Crippen molar-refractivity contribution in [2.45, 2.75) is 19.3 Å². The lowest BCUT2D eigenvalue weighted by Crippen LogP contribution is -2.35. The summed E-state index contributed by atoms with van der Waals surface area (Å²) >= 11 is 0. The summed E-state index contributed by atoms with van der Waals surface area (Å²) in [5.41, 5.74) is 0.571. The molecule has 1 aliphatic heterocycles. The topological polar surface area (TPSA) is 49.8 Å². The van der Waals surface area contributed by atoms with Gasteiger partial charge in [-0.1, -0.05) is 0 Å². The van der Waals surface area contributed by atoms with E-state index < -0.39 is 0 Å². The standard InChI is InChI=1S/C13H17NO3/c1-17-12-9-10(5-6-11(12)15)13(16)14-7-3-2-4-8-14/h5-6,9,15H,2-4,7-8H2,1H3. The predicted molar refractivity (Wildman–Crippen MR) is 64.4 cm³/mol. The molecular weight excluding hydrogens is 218 g/mol. The number of phenols is 1. The number of carbonyl (C=O) groups excluding carboxylic acids is 1. The van der Waals surface area contributed by atoms with Crippen LogP contribution < -0.4 is 4.74 Å². The van der Waals surface area contributed by atoms with Gasteiger partial charge in [0, 0.05) is 18.7 Å². The molecule has 0 spiro atoms. The fraction of sp³-hybridized carbons (Fsp3) is 0.462. The van der Waals surface area contributed by atoms with Crippen molar-refractivity contribution in [3.05, 3.63) is 23.8 Å². The van der Waals surface area contributed by atoms with Crippen LogP contribution in [-0.2, 0) is 0 Å². The summed E-state index contributed by atoms with van der Waals surface area (Å²) in [6.07, 6.45) is 3.34. The molecule has 1 aromatic carbocycles. The number of methoxy groups -OCH3 is 1. The lowest BCUT2D eigenvalue weighted by molar-refractivity contribution is 0.0724. The van der Waals surface area contributed by atoms with E-state index in [1.807, 2.05) is 4.90 Å². The van der Waals surface area contributed by atoms with E-state index in [1.54, 1.807) is 12.1 Å². The molecule has 0 bridgehead atoms. The first-order valence-electron chi connectivity index (χ1n) is 5.88. The molecule has 4 nitrogen and oxygen atoms in total. The Bertz CT molecular complexity index is 411. The molecule has 1 amide bonds. The molecule has 0 aromatic heterocycles. The van der Waals surface area contributed by atoms with Crippen LogP contribution in [-0.4, -0.2) is 36.1 Å². The molecule has 0 saturated carbocycles. The molecule has 0 unspecified atom stereocenters. The van der Waals surface area contributed by atoms with Crippen LogP contribution in [0, 0.1) is 0 Å². The number of benzene rings is 1. The van der Waals surface area contributed by atoms with Crippen LogP contribution in [0.3, 0.4) is 0 Å². The molecule has 2 rings (SSSR count). The van der Waals surface area contributed by atoms with Gasteiger partial charge >= 0.3 is 0 Å². The van der Waals surface area contributed by atoms with Gasteiger partial charge in [-0.3, -0.25) is 4.79 Å². The first-order valence-corrected chi connectivity index (χ1v) is 5.88. The van der Waals surface area contributed by atoms with Crippen molar-refractivity contribution in [1.82, 2.24) is 4.90 Å². The minimum Gasteiger partial charge on any atom is -0.504 e. The van der Waals surface area contributed by atoms with E-state index >= 15 is 0 Å². The second-order valence-electron chi connectivity index (χ2n) is 4.24. The molecule has 1 fully saturated rings. The number of hydrogen-bond donors (Lipinski definition) is 1. The normalized spacial score (nSPS) is 15.7. The van der Waals surface area contributed by atoms with Gasteiger partial charge in [-0.05, 0) is 37.5 Å². The Balaban J connectivity index is 2.18. The third-order valence-electron chi connectivity index (χ3n) is 3.07. The fourth-order valence-electron chi connectivity index (χ4n) is 2.09. The molecule has 1 aromatic rings. The number of nitrogens with zero attached hydrogens (tertiary/aromatic N) is 1. The molecule has 1 aliphatic rings. The number of likely N-dealkylation sites (tertiary alicyclic amines) is 1. The maximum atomic E-state index is 12.2. The average Bonchev–Trinajstić information content (AvgIpc) is 2.39. The number of phenolic OH excluding ortho intramolecular Hbond substituents is 1. The zero-order valence-corrected chi connectivity index (χ0v) is 9.98. The summed E-state index contributed by atoms with van der Waals surface area (Å²) in [5, 5.41) is 9.48. The van der Waals surface area contributed by atoms with Gasteiger partial charge in [-0.2, -0.15) is 0 Å².